The first-order valence-corrected chi connectivity index (χ1v) is 4.59. The van der Waals surface area contributed by atoms with Crippen LogP contribution in [0.4, 0.5) is 0 Å². The maximum atomic E-state index is 10.7. The standard InChI is InChI=1S/C6H13IN2O2/c1-2-11-6(10)5-8-3-4-9-7/h8-9H,2-5H2,1H3. The van der Waals surface area contributed by atoms with Gasteiger partial charge in [-0.2, -0.15) is 0 Å². The van der Waals surface area contributed by atoms with Gasteiger partial charge in [-0.05, 0) is 6.92 Å². The molecule has 0 fully saturated rings. The second-order valence-electron chi connectivity index (χ2n) is 1.87. The molecule has 0 aliphatic heterocycles. The number of carbonyl (C=O) groups excluding carboxylic acids is 1. The van der Waals surface area contributed by atoms with Gasteiger partial charge in [0.15, 0.2) is 0 Å². The van der Waals surface area contributed by atoms with Crippen molar-refractivity contribution in [2.75, 3.05) is 26.2 Å². The minimum absolute atomic E-state index is 0.194. The zero-order valence-electron chi connectivity index (χ0n) is 6.52. The normalized spacial score (nSPS) is 9.64. The molecule has 0 atom stereocenters. The number of halogens is 1. The van der Waals surface area contributed by atoms with Gasteiger partial charge in [-0.25, -0.2) is 0 Å². The Balaban J connectivity index is 3.04. The summed E-state index contributed by atoms with van der Waals surface area (Å²) in [5.41, 5.74) is 0. The highest BCUT2D eigenvalue weighted by molar-refractivity contribution is 14.1. The number of esters is 1. The van der Waals surface area contributed by atoms with Crippen LogP contribution in [0.3, 0.4) is 0 Å². The predicted octanol–water partition coefficient (Wildman–Crippen LogP) is 0.0787. The van der Waals surface area contributed by atoms with Gasteiger partial charge in [0.05, 0.1) is 13.2 Å². The Hall–Kier alpha value is 0.120. The number of hydrogen-bond donors (Lipinski definition) is 2. The van der Waals surface area contributed by atoms with Crippen LogP contribution in [0.1, 0.15) is 6.92 Å². The van der Waals surface area contributed by atoms with Crippen molar-refractivity contribution in [1.82, 2.24) is 8.85 Å². The molecule has 0 unspecified atom stereocenters. The van der Waals surface area contributed by atoms with Crippen molar-refractivity contribution in [1.29, 1.82) is 0 Å². The second kappa shape index (κ2) is 8.22. The lowest BCUT2D eigenvalue weighted by Crippen LogP contribution is -2.29. The fraction of sp³-hybridized carbons (Fsp3) is 0.833. The zero-order chi connectivity index (χ0) is 8.53. The van der Waals surface area contributed by atoms with Gasteiger partial charge < -0.3 is 10.1 Å². The van der Waals surface area contributed by atoms with E-state index in [1.54, 1.807) is 6.92 Å². The topological polar surface area (TPSA) is 50.4 Å². The van der Waals surface area contributed by atoms with Gasteiger partial charge in [0, 0.05) is 36.0 Å². The van der Waals surface area contributed by atoms with E-state index in [2.05, 4.69) is 31.7 Å². The zero-order valence-corrected chi connectivity index (χ0v) is 8.68. The highest BCUT2D eigenvalue weighted by Crippen LogP contribution is 1.74. The summed E-state index contributed by atoms with van der Waals surface area (Å²) in [6.45, 7) is 4.17. The van der Waals surface area contributed by atoms with Gasteiger partial charge in [-0.1, -0.05) is 0 Å². The Morgan fingerprint density at radius 2 is 2.27 bits per heavy atom. The van der Waals surface area contributed by atoms with Crippen molar-refractivity contribution in [3.63, 3.8) is 0 Å². The SMILES string of the molecule is CCOC(=O)CNCCNI. The van der Waals surface area contributed by atoms with Crippen LogP contribution >= 0.6 is 22.9 Å². The third kappa shape index (κ3) is 8.02. The van der Waals surface area contributed by atoms with Crippen LogP contribution in [-0.2, 0) is 9.53 Å². The van der Waals surface area contributed by atoms with Crippen LogP contribution < -0.4 is 8.85 Å². The number of rotatable bonds is 6. The lowest BCUT2D eigenvalue weighted by molar-refractivity contribution is -0.141. The molecule has 66 valence electrons. The van der Waals surface area contributed by atoms with Gasteiger partial charge in [-0.3, -0.25) is 8.32 Å². The molecule has 0 saturated heterocycles. The number of hydrogen-bond acceptors (Lipinski definition) is 4. The molecule has 11 heavy (non-hydrogen) atoms. The van der Waals surface area contributed by atoms with E-state index in [4.69, 9.17) is 4.74 Å². The minimum Gasteiger partial charge on any atom is -0.465 e. The number of nitrogens with one attached hydrogen (secondary N) is 2. The molecule has 0 heterocycles. The third-order valence-electron chi connectivity index (χ3n) is 0.971. The van der Waals surface area contributed by atoms with Crippen molar-refractivity contribution in [3.8, 4) is 0 Å². The minimum atomic E-state index is -0.194. The van der Waals surface area contributed by atoms with E-state index in [-0.39, 0.29) is 5.97 Å². The first-order chi connectivity index (χ1) is 5.31. The molecular formula is C6H13IN2O2. The maximum absolute atomic E-state index is 10.7. The summed E-state index contributed by atoms with van der Waals surface area (Å²) < 4.78 is 7.63. The molecule has 0 aromatic carbocycles. The lowest BCUT2D eigenvalue weighted by atomic mass is 10.6. The molecule has 0 bridgehead atoms. The van der Waals surface area contributed by atoms with Crippen LogP contribution in [0, 0.1) is 0 Å². The molecule has 0 radical (unpaired) electrons. The molecule has 4 nitrogen and oxygen atoms in total. The van der Waals surface area contributed by atoms with E-state index in [0.717, 1.165) is 13.1 Å². The van der Waals surface area contributed by atoms with Crippen molar-refractivity contribution in [2.24, 2.45) is 0 Å². The highest BCUT2D eigenvalue weighted by atomic mass is 127. The third-order valence-corrected chi connectivity index (χ3v) is 1.51. The fourth-order valence-corrected chi connectivity index (χ4v) is 0.808. The van der Waals surface area contributed by atoms with Crippen molar-refractivity contribution in [2.45, 2.75) is 6.92 Å². The molecule has 0 rings (SSSR count). The van der Waals surface area contributed by atoms with Crippen LogP contribution in [0.25, 0.3) is 0 Å². The summed E-state index contributed by atoms with van der Waals surface area (Å²) in [7, 11) is 0. The first-order valence-electron chi connectivity index (χ1n) is 3.51. The van der Waals surface area contributed by atoms with Crippen molar-refractivity contribution >= 4 is 28.8 Å². The van der Waals surface area contributed by atoms with Crippen molar-refractivity contribution in [3.05, 3.63) is 0 Å². The monoisotopic (exact) mass is 272 g/mol. The Kier molecular flexibility index (Phi) is 8.31. The highest BCUT2D eigenvalue weighted by Gasteiger charge is 1.97. The Morgan fingerprint density at radius 3 is 2.82 bits per heavy atom. The van der Waals surface area contributed by atoms with Crippen LogP contribution in [0.15, 0.2) is 0 Å². The quantitative estimate of drug-likeness (QED) is 0.311. The van der Waals surface area contributed by atoms with Gasteiger partial charge >= 0.3 is 5.97 Å². The molecule has 0 aliphatic carbocycles. The average molecular weight is 272 g/mol. The predicted molar refractivity (Wildman–Crippen MR) is 51.5 cm³/mol. The average Bonchev–Trinajstić information content (AvgIpc) is 1.99. The molecule has 0 saturated carbocycles. The molecule has 2 N–H and O–H groups in total. The van der Waals surface area contributed by atoms with E-state index >= 15 is 0 Å². The van der Waals surface area contributed by atoms with Crippen LogP contribution in [0.2, 0.25) is 0 Å². The first kappa shape index (κ1) is 11.1. The largest absolute Gasteiger partial charge is 0.465 e. The molecule has 0 aliphatic rings. The molecule has 0 aromatic heterocycles. The van der Waals surface area contributed by atoms with Crippen molar-refractivity contribution < 1.29 is 9.53 Å². The van der Waals surface area contributed by atoms with Gasteiger partial charge in [0.25, 0.3) is 0 Å². The number of carbonyl (C=O) groups is 1. The van der Waals surface area contributed by atoms with Crippen LogP contribution in [0.5, 0.6) is 0 Å². The molecular weight excluding hydrogens is 259 g/mol. The fourth-order valence-electron chi connectivity index (χ4n) is 0.538. The summed E-state index contributed by atoms with van der Waals surface area (Å²) in [5, 5.41) is 2.93. The van der Waals surface area contributed by atoms with Gasteiger partial charge in [0.1, 0.15) is 0 Å². The molecule has 0 amide bonds. The van der Waals surface area contributed by atoms with E-state index in [1.807, 2.05) is 0 Å². The molecule has 0 spiro atoms. The molecule has 0 aromatic rings. The summed E-state index contributed by atoms with van der Waals surface area (Å²) in [5.74, 6) is -0.194. The Bertz CT molecular complexity index is 111. The van der Waals surface area contributed by atoms with Crippen LogP contribution in [-0.4, -0.2) is 32.2 Å². The Labute approximate surface area is 80.6 Å². The Morgan fingerprint density at radius 1 is 1.55 bits per heavy atom. The van der Waals surface area contributed by atoms with E-state index in [9.17, 15) is 4.79 Å². The van der Waals surface area contributed by atoms with E-state index in [0.29, 0.717) is 13.2 Å². The van der Waals surface area contributed by atoms with Gasteiger partial charge in [0.2, 0.25) is 0 Å². The maximum Gasteiger partial charge on any atom is 0.319 e. The number of ether oxygens (including phenoxy) is 1. The summed E-state index contributed by atoms with van der Waals surface area (Å²) in [4.78, 5) is 10.7. The van der Waals surface area contributed by atoms with E-state index < -0.39 is 0 Å². The summed E-state index contributed by atoms with van der Waals surface area (Å²) >= 11 is 2.05. The van der Waals surface area contributed by atoms with E-state index in [1.165, 1.54) is 0 Å². The smallest absolute Gasteiger partial charge is 0.319 e. The lowest BCUT2D eigenvalue weighted by Gasteiger charge is -2.02. The summed E-state index contributed by atoms with van der Waals surface area (Å²) in [6.07, 6.45) is 0. The molecule has 5 heteroatoms. The summed E-state index contributed by atoms with van der Waals surface area (Å²) in [6, 6.07) is 0. The van der Waals surface area contributed by atoms with Gasteiger partial charge in [-0.15, -0.1) is 0 Å². The second-order valence-corrected chi connectivity index (χ2v) is 2.63.